The molecule has 0 unspecified atom stereocenters. The van der Waals surface area contributed by atoms with E-state index in [1.807, 2.05) is 24.3 Å². The second-order valence-corrected chi connectivity index (χ2v) is 9.51. The van der Waals surface area contributed by atoms with E-state index >= 15 is 0 Å². The molecule has 1 aromatic heterocycles. The van der Waals surface area contributed by atoms with E-state index in [1.54, 1.807) is 43.3 Å². The number of rotatable bonds is 7. The fourth-order valence-electron chi connectivity index (χ4n) is 3.04. The molecule has 1 N–H and O–H groups in total. The first-order valence-electron chi connectivity index (χ1n) is 10.3. The SMILES string of the molecule is C[C@H](Oc1ccc(Cl)cc1Cl)C(=O)N/N=C\c1ccccc1OC(=O)c1sc2ccccc2c1Cl. The molecule has 3 aromatic carbocycles. The number of thiophene rings is 1. The molecular weight excluding hydrogens is 531 g/mol. The number of hydrazone groups is 1. The first-order chi connectivity index (χ1) is 16.8. The number of benzene rings is 3. The molecule has 0 saturated carbocycles. The maximum absolute atomic E-state index is 12.8. The summed E-state index contributed by atoms with van der Waals surface area (Å²) >= 11 is 19.6. The third kappa shape index (κ3) is 5.94. The molecule has 6 nitrogen and oxygen atoms in total. The molecule has 10 heteroatoms. The van der Waals surface area contributed by atoms with Crippen LogP contribution in [-0.2, 0) is 4.79 Å². The van der Waals surface area contributed by atoms with Gasteiger partial charge in [-0.3, -0.25) is 4.79 Å². The Hall–Kier alpha value is -3.10. The van der Waals surface area contributed by atoms with Gasteiger partial charge in [0, 0.05) is 20.7 Å². The van der Waals surface area contributed by atoms with Gasteiger partial charge in [0.25, 0.3) is 5.91 Å². The number of carbonyl (C=O) groups excluding carboxylic acids is 2. The van der Waals surface area contributed by atoms with Gasteiger partial charge in [0.05, 0.1) is 16.3 Å². The summed E-state index contributed by atoms with van der Waals surface area (Å²) in [6, 6.07) is 18.9. The van der Waals surface area contributed by atoms with Crippen molar-refractivity contribution in [2.45, 2.75) is 13.0 Å². The van der Waals surface area contributed by atoms with Crippen molar-refractivity contribution in [2.75, 3.05) is 0 Å². The summed E-state index contributed by atoms with van der Waals surface area (Å²) in [5.74, 6) is -0.497. The molecule has 0 aliphatic carbocycles. The van der Waals surface area contributed by atoms with Crippen molar-refractivity contribution < 1.29 is 19.1 Å². The smallest absolute Gasteiger partial charge is 0.355 e. The maximum Gasteiger partial charge on any atom is 0.355 e. The van der Waals surface area contributed by atoms with Crippen LogP contribution in [0.1, 0.15) is 22.2 Å². The van der Waals surface area contributed by atoms with Crippen LogP contribution < -0.4 is 14.9 Å². The molecule has 0 fully saturated rings. The van der Waals surface area contributed by atoms with Crippen LogP contribution in [0, 0.1) is 0 Å². The number of carbonyl (C=O) groups is 2. The summed E-state index contributed by atoms with van der Waals surface area (Å²) in [5, 5.41) is 5.85. The van der Waals surface area contributed by atoms with E-state index in [0.29, 0.717) is 26.2 Å². The highest BCUT2D eigenvalue weighted by Gasteiger charge is 2.20. The molecule has 4 aromatic rings. The fourth-order valence-corrected chi connectivity index (χ4v) is 4.88. The van der Waals surface area contributed by atoms with E-state index < -0.39 is 18.0 Å². The van der Waals surface area contributed by atoms with Gasteiger partial charge in [-0.05, 0) is 43.3 Å². The van der Waals surface area contributed by atoms with Gasteiger partial charge < -0.3 is 9.47 Å². The molecule has 0 spiro atoms. The van der Waals surface area contributed by atoms with Gasteiger partial charge in [0.15, 0.2) is 6.10 Å². The Morgan fingerprint density at radius 1 is 1.00 bits per heavy atom. The number of esters is 1. The Morgan fingerprint density at radius 3 is 2.51 bits per heavy atom. The minimum absolute atomic E-state index is 0.265. The van der Waals surface area contributed by atoms with Gasteiger partial charge in [-0.25, -0.2) is 10.2 Å². The monoisotopic (exact) mass is 546 g/mol. The number of hydrogen-bond donors (Lipinski definition) is 1. The third-order valence-corrected chi connectivity index (χ3v) is 6.97. The molecule has 35 heavy (non-hydrogen) atoms. The van der Waals surface area contributed by atoms with Crippen molar-refractivity contribution in [2.24, 2.45) is 5.10 Å². The highest BCUT2D eigenvalue weighted by atomic mass is 35.5. The molecule has 0 aliphatic heterocycles. The van der Waals surface area contributed by atoms with Crippen LogP contribution in [0.2, 0.25) is 15.1 Å². The largest absolute Gasteiger partial charge is 0.479 e. The van der Waals surface area contributed by atoms with Gasteiger partial charge in [-0.2, -0.15) is 5.10 Å². The summed E-state index contributed by atoms with van der Waals surface area (Å²) < 4.78 is 12.0. The van der Waals surface area contributed by atoms with Crippen LogP contribution in [0.25, 0.3) is 10.1 Å². The zero-order valence-corrected chi connectivity index (χ0v) is 21.2. The summed E-state index contributed by atoms with van der Waals surface area (Å²) in [6.45, 7) is 1.56. The van der Waals surface area contributed by atoms with Crippen molar-refractivity contribution in [3.8, 4) is 11.5 Å². The normalized spacial score (nSPS) is 12.0. The standard InChI is InChI=1S/C25H17Cl3N2O4S/c1-14(33-20-11-10-16(26)12-18(20)27)24(31)30-29-13-15-6-2-4-8-19(15)34-25(32)23-22(28)17-7-3-5-9-21(17)35-23/h2-14H,1H3,(H,30,31)/b29-13-/t14-/m0/s1. The molecule has 0 aliphatic rings. The minimum Gasteiger partial charge on any atom is -0.479 e. The van der Waals surface area contributed by atoms with E-state index in [-0.39, 0.29) is 10.8 Å². The van der Waals surface area contributed by atoms with Crippen LogP contribution in [0.5, 0.6) is 11.5 Å². The number of nitrogens with one attached hydrogen (secondary N) is 1. The fraction of sp³-hybridized carbons (Fsp3) is 0.0800. The van der Waals surface area contributed by atoms with E-state index in [1.165, 1.54) is 23.6 Å². The van der Waals surface area contributed by atoms with Crippen LogP contribution in [0.3, 0.4) is 0 Å². The van der Waals surface area contributed by atoms with Crippen molar-refractivity contribution in [3.63, 3.8) is 0 Å². The predicted molar refractivity (Wildman–Crippen MR) is 141 cm³/mol. The Morgan fingerprint density at radius 2 is 1.74 bits per heavy atom. The highest BCUT2D eigenvalue weighted by molar-refractivity contribution is 7.21. The minimum atomic E-state index is -0.881. The van der Waals surface area contributed by atoms with Gasteiger partial charge in [0.2, 0.25) is 0 Å². The Bertz CT molecular complexity index is 1440. The second kappa shape index (κ2) is 11.1. The van der Waals surface area contributed by atoms with Gasteiger partial charge >= 0.3 is 5.97 Å². The van der Waals surface area contributed by atoms with Crippen molar-refractivity contribution in [3.05, 3.63) is 92.2 Å². The predicted octanol–water partition coefficient (Wildman–Crippen LogP) is 7.00. The number of para-hydroxylation sites is 1. The van der Waals surface area contributed by atoms with Crippen molar-refractivity contribution >= 4 is 74.3 Å². The molecule has 0 radical (unpaired) electrons. The van der Waals surface area contributed by atoms with Crippen molar-refractivity contribution in [1.29, 1.82) is 0 Å². The highest BCUT2D eigenvalue weighted by Crippen LogP contribution is 2.36. The number of halogens is 3. The number of amides is 1. The van der Waals surface area contributed by atoms with Crippen LogP contribution in [0.4, 0.5) is 0 Å². The Labute approximate surface area is 220 Å². The van der Waals surface area contributed by atoms with E-state index in [4.69, 9.17) is 44.3 Å². The van der Waals surface area contributed by atoms with Crippen LogP contribution in [-0.4, -0.2) is 24.2 Å². The molecule has 0 saturated heterocycles. The molecule has 178 valence electrons. The molecule has 0 bridgehead atoms. The van der Waals surface area contributed by atoms with Gasteiger partial charge in [0.1, 0.15) is 16.4 Å². The summed E-state index contributed by atoms with van der Waals surface area (Å²) in [5.41, 5.74) is 2.88. The molecule has 1 heterocycles. The molecular formula is C25H17Cl3N2O4S. The quantitative estimate of drug-likeness (QED) is 0.117. The van der Waals surface area contributed by atoms with Gasteiger partial charge in [-0.15, -0.1) is 11.3 Å². The average Bonchev–Trinajstić information content (AvgIpc) is 3.18. The lowest BCUT2D eigenvalue weighted by Gasteiger charge is -2.14. The van der Waals surface area contributed by atoms with E-state index in [0.717, 1.165) is 10.1 Å². The third-order valence-electron chi connectivity index (χ3n) is 4.79. The number of fused-ring (bicyclic) bond motifs is 1. The van der Waals surface area contributed by atoms with Crippen LogP contribution in [0.15, 0.2) is 71.8 Å². The van der Waals surface area contributed by atoms with E-state index in [9.17, 15) is 9.59 Å². The molecule has 4 rings (SSSR count). The first kappa shape index (κ1) is 25.0. The Balaban J connectivity index is 1.42. The lowest BCUT2D eigenvalue weighted by molar-refractivity contribution is -0.127. The summed E-state index contributed by atoms with van der Waals surface area (Å²) in [4.78, 5) is 25.5. The maximum atomic E-state index is 12.8. The Kier molecular flexibility index (Phi) is 7.93. The van der Waals surface area contributed by atoms with Crippen molar-refractivity contribution in [1.82, 2.24) is 5.43 Å². The second-order valence-electron chi connectivity index (χ2n) is 7.24. The lowest BCUT2D eigenvalue weighted by Crippen LogP contribution is -2.33. The van der Waals surface area contributed by atoms with Crippen LogP contribution >= 0.6 is 46.1 Å². The summed E-state index contributed by atoms with van der Waals surface area (Å²) in [7, 11) is 0. The molecule has 1 amide bonds. The summed E-state index contributed by atoms with van der Waals surface area (Å²) in [6.07, 6.45) is 0.490. The molecule has 1 atom stereocenters. The van der Waals surface area contributed by atoms with Gasteiger partial charge in [-0.1, -0.05) is 65.1 Å². The topological polar surface area (TPSA) is 77.0 Å². The lowest BCUT2D eigenvalue weighted by atomic mass is 10.2. The number of ether oxygens (including phenoxy) is 2. The zero-order chi connectivity index (χ0) is 24.9. The number of nitrogens with zero attached hydrogens (tertiary/aromatic N) is 1. The number of hydrogen-bond acceptors (Lipinski definition) is 6. The van der Waals surface area contributed by atoms with E-state index in [2.05, 4.69) is 10.5 Å². The zero-order valence-electron chi connectivity index (χ0n) is 18.1. The first-order valence-corrected chi connectivity index (χ1v) is 12.2. The average molecular weight is 548 g/mol.